The fourth-order valence-corrected chi connectivity index (χ4v) is 4.78. The Labute approximate surface area is 207 Å². The first kappa shape index (κ1) is 22.6. The molecule has 0 spiro atoms. The van der Waals surface area contributed by atoms with Crippen molar-refractivity contribution < 1.29 is 9.53 Å². The molecule has 0 aliphatic carbocycles. The smallest absolute Gasteiger partial charge is 0.169 e. The quantitative estimate of drug-likeness (QED) is 0.333. The first-order valence-corrected chi connectivity index (χ1v) is 11.8. The van der Waals surface area contributed by atoms with Gasteiger partial charge in [-0.2, -0.15) is 0 Å². The minimum atomic E-state index is -0.0355. The number of ether oxygens (including phenoxy) is 1. The van der Waals surface area contributed by atoms with Crippen molar-refractivity contribution in [3.8, 4) is 11.4 Å². The number of nitrogens with zero attached hydrogens (tertiary/aromatic N) is 5. The van der Waals surface area contributed by atoms with Crippen LogP contribution >= 0.6 is 23.2 Å². The van der Waals surface area contributed by atoms with Gasteiger partial charge in [-0.05, 0) is 62.1 Å². The largest absolute Gasteiger partial charge is 0.495 e. The van der Waals surface area contributed by atoms with Crippen molar-refractivity contribution in [2.45, 2.75) is 38.6 Å². The van der Waals surface area contributed by atoms with Gasteiger partial charge in [0.2, 0.25) is 0 Å². The van der Waals surface area contributed by atoms with Crippen LogP contribution in [0.2, 0.25) is 10.0 Å². The van der Waals surface area contributed by atoms with Gasteiger partial charge >= 0.3 is 0 Å². The lowest BCUT2D eigenvalue weighted by molar-refractivity contribution is 0.0991. The van der Waals surface area contributed by atoms with Gasteiger partial charge in [-0.3, -0.25) is 4.79 Å². The number of methoxy groups -OCH3 is 1. The molecule has 1 unspecified atom stereocenters. The van der Waals surface area contributed by atoms with Gasteiger partial charge in [-0.25, -0.2) is 9.67 Å². The molecule has 0 amide bonds. The van der Waals surface area contributed by atoms with E-state index in [1.807, 2.05) is 46.6 Å². The van der Waals surface area contributed by atoms with E-state index in [1.54, 1.807) is 25.6 Å². The van der Waals surface area contributed by atoms with Crippen LogP contribution in [0.5, 0.6) is 5.75 Å². The van der Waals surface area contributed by atoms with Gasteiger partial charge in [0.1, 0.15) is 5.75 Å². The van der Waals surface area contributed by atoms with Gasteiger partial charge in [-0.15, -0.1) is 5.10 Å². The summed E-state index contributed by atoms with van der Waals surface area (Å²) in [5, 5.41) is 9.83. The molecule has 1 atom stereocenters. The van der Waals surface area contributed by atoms with Crippen LogP contribution in [0.1, 0.15) is 51.9 Å². The third-order valence-corrected chi connectivity index (χ3v) is 6.94. The fourth-order valence-electron chi connectivity index (χ4n) is 4.48. The Bertz CT molecular complexity index is 1380. The van der Waals surface area contributed by atoms with Crippen LogP contribution in [0.15, 0.2) is 48.9 Å². The number of imidazole rings is 1. The summed E-state index contributed by atoms with van der Waals surface area (Å²) in [7, 11) is 1.59. The summed E-state index contributed by atoms with van der Waals surface area (Å²) in [5.74, 6) is 0.569. The number of carbonyl (C=O) groups excluding carboxylic acids is 1. The highest BCUT2D eigenvalue weighted by Gasteiger charge is 2.27. The van der Waals surface area contributed by atoms with Gasteiger partial charge in [-0.1, -0.05) is 34.5 Å². The fraction of sp³-hybridized carbons (Fsp3) is 0.280. The monoisotopic (exact) mass is 495 g/mol. The van der Waals surface area contributed by atoms with Gasteiger partial charge in [0.15, 0.2) is 5.78 Å². The number of ketones is 1. The molecule has 0 saturated carbocycles. The molecule has 34 heavy (non-hydrogen) atoms. The number of aryl methyl sites for hydroxylation is 1. The van der Waals surface area contributed by atoms with Crippen LogP contribution in [-0.2, 0) is 12.8 Å². The molecule has 1 aliphatic heterocycles. The highest BCUT2D eigenvalue weighted by atomic mass is 35.5. The van der Waals surface area contributed by atoms with Crippen LogP contribution in [0.25, 0.3) is 5.69 Å². The highest BCUT2D eigenvalue weighted by molar-refractivity contribution is 6.42. The van der Waals surface area contributed by atoms with E-state index < -0.39 is 0 Å². The second-order valence-electron chi connectivity index (χ2n) is 8.42. The number of carbonyl (C=O) groups is 1. The van der Waals surface area contributed by atoms with Crippen molar-refractivity contribution in [1.29, 1.82) is 0 Å². The topological polar surface area (TPSA) is 74.8 Å². The van der Waals surface area contributed by atoms with Crippen LogP contribution in [0, 0.1) is 6.92 Å². The Morgan fingerprint density at radius 1 is 1.18 bits per heavy atom. The number of rotatable bonds is 6. The molecule has 0 radical (unpaired) electrons. The van der Waals surface area contributed by atoms with Crippen LogP contribution in [0.4, 0.5) is 0 Å². The van der Waals surface area contributed by atoms with Crippen LogP contribution < -0.4 is 4.74 Å². The molecule has 5 rings (SSSR count). The maximum Gasteiger partial charge on any atom is 0.169 e. The molecule has 0 bridgehead atoms. The van der Waals surface area contributed by atoms with E-state index in [0.29, 0.717) is 27.1 Å². The lowest BCUT2D eigenvalue weighted by Gasteiger charge is -2.25. The van der Waals surface area contributed by atoms with Crippen molar-refractivity contribution >= 4 is 29.0 Å². The number of halogens is 2. The van der Waals surface area contributed by atoms with Crippen LogP contribution in [0.3, 0.4) is 0 Å². The van der Waals surface area contributed by atoms with Crippen molar-refractivity contribution in [2.24, 2.45) is 0 Å². The molecule has 174 valence electrons. The number of hydrogen-bond donors (Lipinski definition) is 0. The van der Waals surface area contributed by atoms with E-state index >= 15 is 0 Å². The minimum Gasteiger partial charge on any atom is -0.495 e. The zero-order valence-corrected chi connectivity index (χ0v) is 20.3. The average molecular weight is 496 g/mol. The summed E-state index contributed by atoms with van der Waals surface area (Å²) in [4.78, 5) is 17.4. The number of aromatic nitrogens is 5. The molecule has 3 heterocycles. The molecule has 4 aromatic rings. The second kappa shape index (κ2) is 9.24. The summed E-state index contributed by atoms with van der Waals surface area (Å²) < 4.78 is 9.36. The second-order valence-corrected chi connectivity index (χ2v) is 9.23. The Morgan fingerprint density at radius 3 is 2.76 bits per heavy atom. The van der Waals surface area contributed by atoms with Gasteiger partial charge < -0.3 is 9.30 Å². The lowest BCUT2D eigenvalue weighted by atomic mass is 9.95. The van der Waals surface area contributed by atoms with Crippen molar-refractivity contribution in [1.82, 2.24) is 24.5 Å². The Hall–Kier alpha value is -3.16. The first-order chi connectivity index (χ1) is 16.4. The third kappa shape index (κ3) is 4.21. The summed E-state index contributed by atoms with van der Waals surface area (Å²) in [6.07, 6.45) is 6.54. The molecule has 0 saturated heterocycles. The number of hydrogen-bond acceptors (Lipinski definition) is 5. The highest BCUT2D eigenvalue weighted by Crippen LogP contribution is 2.34. The van der Waals surface area contributed by atoms with Crippen LogP contribution in [-0.4, -0.2) is 37.4 Å². The Balaban J connectivity index is 1.40. The standard InChI is InChI=1S/C25H23Cl2N5O2/c1-15-13-31(14-28-15)23-9-7-17(11-25(23)34-2)24(33)12-20-22-5-3-4-21(32(22)30-29-20)16-6-8-18(26)19(27)10-16/h6-11,13-14,21H,3-5,12H2,1-2H3. The molecular formula is C25H23Cl2N5O2. The van der Waals surface area contributed by atoms with Gasteiger partial charge in [0, 0.05) is 11.8 Å². The third-order valence-electron chi connectivity index (χ3n) is 6.21. The van der Waals surface area contributed by atoms with E-state index in [2.05, 4.69) is 15.3 Å². The molecule has 1 aliphatic rings. The SMILES string of the molecule is COc1cc(C(=O)Cc2nnn3c2CCCC3c2ccc(Cl)c(Cl)c2)ccc1-n1cnc(C)c1. The first-order valence-electron chi connectivity index (χ1n) is 11.0. The zero-order chi connectivity index (χ0) is 23.8. The molecule has 2 aromatic carbocycles. The summed E-state index contributed by atoms with van der Waals surface area (Å²) in [5.41, 5.74) is 5.03. The average Bonchev–Trinajstić information content (AvgIpc) is 3.46. The molecular weight excluding hydrogens is 473 g/mol. The summed E-state index contributed by atoms with van der Waals surface area (Å²) in [6, 6.07) is 11.1. The number of Topliss-reactive ketones (excluding diaryl/α,β-unsaturated/α-hetero) is 1. The van der Waals surface area contributed by atoms with Crippen molar-refractivity contribution in [3.05, 3.63) is 87.2 Å². The molecule has 7 nitrogen and oxygen atoms in total. The maximum absolute atomic E-state index is 13.2. The predicted octanol–water partition coefficient (Wildman–Crippen LogP) is 5.44. The van der Waals surface area contributed by atoms with E-state index in [-0.39, 0.29) is 18.2 Å². The Kier molecular flexibility index (Phi) is 6.15. The zero-order valence-electron chi connectivity index (χ0n) is 18.8. The number of fused-ring (bicyclic) bond motifs is 1. The van der Waals surface area contributed by atoms with Gasteiger partial charge in [0.25, 0.3) is 0 Å². The van der Waals surface area contributed by atoms with E-state index in [9.17, 15) is 4.79 Å². The normalized spacial score (nSPS) is 15.2. The number of benzene rings is 2. The lowest BCUT2D eigenvalue weighted by Crippen LogP contribution is -2.21. The minimum absolute atomic E-state index is 0.0212. The van der Waals surface area contributed by atoms with Gasteiger partial charge in [0.05, 0.1) is 58.7 Å². The van der Waals surface area contributed by atoms with E-state index in [0.717, 1.165) is 41.9 Å². The maximum atomic E-state index is 13.2. The molecule has 2 aromatic heterocycles. The molecule has 9 heteroatoms. The summed E-state index contributed by atoms with van der Waals surface area (Å²) >= 11 is 12.3. The molecule has 0 fully saturated rings. The van der Waals surface area contributed by atoms with Crippen molar-refractivity contribution in [2.75, 3.05) is 7.11 Å². The molecule has 0 N–H and O–H groups in total. The van der Waals surface area contributed by atoms with E-state index in [4.69, 9.17) is 27.9 Å². The van der Waals surface area contributed by atoms with E-state index in [1.165, 1.54) is 0 Å². The summed E-state index contributed by atoms with van der Waals surface area (Å²) in [6.45, 7) is 1.92. The Morgan fingerprint density at radius 2 is 2.03 bits per heavy atom. The predicted molar refractivity (Wildman–Crippen MR) is 130 cm³/mol. The van der Waals surface area contributed by atoms with Crippen molar-refractivity contribution in [3.63, 3.8) is 0 Å².